The Labute approximate surface area is 161 Å². The summed E-state index contributed by atoms with van der Waals surface area (Å²) in [5.74, 6) is 0.388. The molecule has 2 aromatic rings. The lowest BCUT2D eigenvalue weighted by atomic mass is 10.1. The number of benzene rings is 2. The van der Waals surface area contributed by atoms with Crippen molar-refractivity contribution in [3.63, 3.8) is 0 Å². The van der Waals surface area contributed by atoms with E-state index < -0.39 is 10.0 Å². The summed E-state index contributed by atoms with van der Waals surface area (Å²) in [5, 5.41) is 2.70. The van der Waals surface area contributed by atoms with Gasteiger partial charge in [-0.3, -0.25) is 9.10 Å². The number of ether oxygens (including phenoxy) is 1. The van der Waals surface area contributed by atoms with Crippen LogP contribution in [0.4, 0.5) is 5.69 Å². The van der Waals surface area contributed by atoms with Crippen LogP contribution in [0, 0.1) is 20.8 Å². The van der Waals surface area contributed by atoms with Crippen molar-refractivity contribution >= 4 is 21.6 Å². The molecule has 0 fully saturated rings. The maximum atomic E-state index is 12.2. The summed E-state index contributed by atoms with van der Waals surface area (Å²) >= 11 is 0. The second-order valence-corrected chi connectivity index (χ2v) is 8.48. The molecule has 7 heteroatoms. The third-order valence-electron chi connectivity index (χ3n) is 3.99. The number of rotatable bonds is 8. The summed E-state index contributed by atoms with van der Waals surface area (Å²) in [5.41, 5.74) is 3.58. The Morgan fingerprint density at radius 2 is 1.78 bits per heavy atom. The van der Waals surface area contributed by atoms with Gasteiger partial charge >= 0.3 is 0 Å². The van der Waals surface area contributed by atoms with E-state index in [-0.39, 0.29) is 19.0 Å². The molecule has 0 bridgehead atoms. The molecule has 0 heterocycles. The normalized spacial score (nSPS) is 11.1. The molecule has 1 N–H and O–H groups in total. The van der Waals surface area contributed by atoms with Crippen molar-refractivity contribution < 1.29 is 17.9 Å². The number of nitrogens with one attached hydrogen (secondary N) is 1. The lowest BCUT2D eigenvalue weighted by molar-refractivity contribution is -0.119. The summed E-state index contributed by atoms with van der Waals surface area (Å²) in [6, 6.07) is 12.9. The summed E-state index contributed by atoms with van der Waals surface area (Å²) in [7, 11) is -3.57. The number of nitrogens with zero attached hydrogens (tertiary/aromatic N) is 1. The third kappa shape index (κ3) is 6.29. The van der Waals surface area contributed by atoms with E-state index in [1.165, 1.54) is 0 Å². The van der Waals surface area contributed by atoms with Gasteiger partial charge in [-0.2, -0.15) is 0 Å². The van der Waals surface area contributed by atoms with Crippen LogP contribution in [-0.2, 0) is 14.8 Å². The Morgan fingerprint density at radius 1 is 1.07 bits per heavy atom. The first-order valence-electron chi connectivity index (χ1n) is 8.68. The van der Waals surface area contributed by atoms with Crippen LogP contribution in [-0.4, -0.2) is 40.3 Å². The highest BCUT2D eigenvalue weighted by Gasteiger charge is 2.20. The Hall–Kier alpha value is -2.54. The van der Waals surface area contributed by atoms with Crippen LogP contribution in [0.5, 0.6) is 5.75 Å². The summed E-state index contributed by atoms with van der Waals surface area (Å²) < 4.78 is 30.9. The second-order valence-electron chi connectivity index (χ2n) is 6.58. The molecule has 0 radical (unpaired) electrons. The highest BCUT2D eigenvalue weighted by atomic mass is 32.2. The number of carbonyl (C=O) groups excluding carboxylic acids is 1. The number of aryl methyl sites for hydroxylation is 3. The summed E-state index contributed by atoms with van der Waals surface area (Å²) in [6.07, 6.45) is 1.09. The van der Waals surface area contributed by atoms with Gasteiger partial charge in [-0.15, -0.1) is 0 Å². The zero-order valence-corrected chi connectivity index (χ0v) is 17.0. The van der Waals surface area contributed by atoms with Crippen LogP contribution in [0.15, 0.2) is 42.5 Å². The fraction of sp³-hybridized carbons (Fsp3) is 0.350. The van der Waals surface area contributed by atoms with Crippen LogP contribution in [0.25, 0.3) is 0 Å². The highest BCUT2D eigenvalue weighted by molar-refractivity contribution is 7.92. The standard InChI is InChI=1S/C20H26N2O4S/c1-15-6-5-7-18(13-15)22(27(4,24)25)14-20(23)21-10-11-26-19-9-8-16(2)12-17(19)3/h5-9,12-13H,10-11,14H2,1-4H3,(H,21,23). The first-order chi connectivity index (χ1) is 12.7. The van der Waals surface area contributed by atoms with Crippen molar-refractivity contribution in [3.05, 3.63) is 59.2 Å². The monoisotopic (exact) mass is 390 g/mol. The third-order valence-corrected chi connectivity index (χ3v) is 5.13. The molecule has 0 aliphatic carbocycles. The second kappa shape index (κ2) is 8.90. The number of hydrogen-bond acceptors (Lipinski definition) is 4. The molecule has 2 rings (SSSR count). The SMILES string of the molecule is Cc1cccc(N(CC(=O)NCCOc2ccc(C)cc2C)S(C)(=O)=O)c1. The quantitative estimate of drug-likeness (QED) is 0.703. The van der Waals surface area contributed by atoms with E-state index in [0.29, 0.717) is 12.3 Å². The van der Waals surface area contributed by atoms with E-state index in [4.69, 9.17) is 4.74 Å². The minimum Gasteiger partial charge on any atom is -0.491 e. The molecule has 146 valence electrons. The number of carbonyl (C=O) groups is 1. The maximum absolute atomic E-state index is 12.2. The van der Waals surface area contributed by atoms with Gasteiger partial charge in [-0.1, -0.05) is 29.8 Å². The number of hydrogen-bond donors (Lipinski definition) is 1. The molecule has 27 heavy (non-hydrogen) atoms. The smallest absolute Gasteiger partial charge is 0.240 e. The van der Waals surface area contributed by atoms with Crippen molar-refractivity contribution in [1.29, 1.82) is 0 Å². The summed E-state index contributed by atoms with van der Waals surface area (Å²) in [4.78, 5) is 12.2. The van der Waals surface area contributed by atoms with Crippen LogP contribution in [0.3, 0.4) is 0 Å². The lowest BCUT2D eigenvalue weighted by Gasteiger charge is -2.22. The van der Waals surface area contributed by atoms with E-state index in [2.05, 4.69) is 5.32 Å². The first kappa shape index (κ1) is 20.8. The van der Waals surface area contributed by atoms with Crippen molar-refractivity contribution in [2.24, 2.45) is 0 Å². The summed E-state index contributed by atoms with van der Waals surface area (Å²) in [6.45, 7) is 6.17. The van der Waals surface area contributed by atoms with Gasteiger partial charge < -0.3 is 10.1 Å². The number of sulfonamides is 1. The minimum absolute atomic E-state index is 0.272. The van der Waals surface area contributed by atoms with Crippen LogP contribution in [0.1, 0.15) is 16.7 Å². The van der Waals surface area contributed by atoms with Crippen LogP contribution in [0.2, 0.25) is 0 Å². The van der Waals surface area contributed by atoms with Crippen molar-refractivity contribution in [2.45, 2.75) is 20.8 Å². The van der Waals surface area contributed by atoms with Crippen molar-refractivity contribution in [2.75, 3.05) is 30.3 Å². The molecular weight excluding hydrogens is 364 g/mol. The predicted octanol–water partition coefficient (Wildman–Crippen LogP) is 2.57. The van der Waals surface area contributed by atoms with Gasteiger partial charge in [0.1, 0.15) is 18.9 Å². The Morgan fingerprint density at radius 3 is 2.41 bits per heavy atom. The fourth-order valence-electron chi connectivity index (χ4n) is 2.68. The molecule has 0 atom stereocenters. The molecule has 0 aromatic heterocycles. The molecule has 0 spiro atoms. The van der Waals surface area contributed by atoms with E-state index in [1.54, 1.807) is 18.2 Å². The Bertz CT molecular complexity index is 910. The van der Waals surface area contributed by atoms with E-state index in [0.717, 1.165) is 33.0 Å². The number of amides is 1. The lowest BCUT2D eigenvalue weighted by Crippen LogP contribution is -2.41. The van der Waals surface area contributed by atoms with E-state index in [9.17, 15) is 13.2 Å². The number of anilines is 1. The minimum atomic E-state index is -3.57. The molecule has 0 unspecified atom stereocenters. The van der Waals surface area contributed by atoms with Crippen molar-refractivity contribution in [1.82, 2.24) is 5.32 Å². The zero-order valence-electron chi connectivity index (χ0n) is 16.2. The first-order valence-corrected chi connectivity index (χ1v) is 10.5. The molecule has 0 aliphatic rings. The van der Waals surface area contributed by atoms with Gasteiger partial charge in [-0.25, -0.2) is 8.42 Å². The average molecular weight is 391 g/mol. The molecule has 0 aliphatic heterocycles. The molecule has 1 amide bonds. The van der Waals surface area contributed by atoms with E-state index in [1.807, 2.05) is 45.0 Å². The topological polar surface area (TPSA) is 75.7 Å². The van der Waals surface area contributed by atoms with Crippen molar-refractivity contribution in [3.8, 4) is 5.75 Å². The largest absolute Gasteiger partial charge is 0.491 e. The Balaban J connectivity index is 1.90. The fourth-order valence-corrected chi connectivity index (χ4v) is 3.53. The van der Waals surface area contributed by atoms with Gasteiger partial charge in [0.15, 0.2) is 0 Å². The van der Waals surface area contributed by atoms with E-state index >= 15 is 0 Å². The van der Waals surface area contributed by atoms with Crippen LogP contribution < -0.4 is 14.4 Å². The molecule has 6 nitrogen and oxygen atoms in total. The highest BCUT2D eigenvalue weighted by Crippen LogP contribution is 2.19. The molecule has 2 aromatic carbocycles. The zero-order chi connectivity index (χ0) is 20.0. The van der Waals surface area contributed by atoms with Gasteiger partial charge in [0.2, 0.25) is 15.9 Å². The molecule has 0 saturated heterocycles. The maximum Gasteiger partial charge on any atom is 0.240 e. The average Bonchev–Trinajstić information content (AvgIpc) is 2.57. The predicted molar refractivity (Wildman–Crippen MR) is 108 cm³/mol. The van der Waals surface area contributed by atoms with Crippen LogP contribution >= 0.6 is 0 Å². The van der Waals surface area contributed by atoms with Gasteiger partial charge in [0.05, 0.1) is 18.5 Å². The van der Waals surface area contributed by atoms with Gasteiger partial charge in [0, 0.05) is 0 Å². The van der Waals surface area contributed by atoms with Gasteiger partial charge in [-0.05, 0) is 50.1 Å². The van der Waals surface area contributed by atoms with Gasteiger partial charge in [0.25, 0.3) is 0 Å². The molecule has 0 saturated carbocycles. The Kier molecular flexibility index (Phi) is 6.85. The molecular formula is C20H26N2O4S.